The maximum absolute atomic E-state index is 9.19. The van der Waals surface area contributed by atoms with Crippen LogP contribution < -0.4 is 16.3 Å². The zero-order valence-electron chi connectivity index (χ0n) is 20.9. The molecule has 0 spiro atoms. The average molecular weight is 626 g/mol. The molecule has 1 saturated carbocycles. The maximum atomic E-state index is 9.19. The summed E-state index contributed by atoms with van der Waals surface area (Å²) in [5.41, 5.74) is 9.65. The molecule has 4 aromatic carbocycles. The van der Waals surface area contributed by atoms with Crippen molar-refractivity contribution in [2.75, 3.05) is 12.0 Å². The first kappa shape index (κ1) is 30.9. The van der Waals surface area contributed by atoms with Gasteiger partial charge in [0.1, 0.15) is 0 Å². The van der Waals surface area contributed by atoms with Crippen LogP contribution in [-0.2, 0) is 30.5 Å². The molecular formula is C30H34NO3PPdS. The number of nitrogens with two attached hydrogens (primary N) is 1. The topological polar surface area (TPSA) is 80.4 Å². The van der Waals surface area contributed by atoms with E-state index in [4.69, 9.17) is 10.3 Å². The van der Waals surface area contributed by atoms with Crippen LogP contribution in [0.3, 0.4) is 0 Å². The molecule has 1 aliphatic rings. The molecular weight excluding hydrogens is 592 g/mol. The third-order valence-corrected chi connectivity index (χ3v) is 9.20. The zero-order valence-corrected chi connectivity index (χ0v) is 24.2. The van der Waals surface area contributed by atoms with Crippen LogP contribution in [0, 0.1) is 6.07 Å². The molecule has 4 nitrogen and oxygen atoms in total. The Kier molecular flexibility index (Phi) is 13.2. The summed E-state index contributed by atoms with van der Waals surface area (Å²) < 4.78 is 25.9. The maximum Gasteiger partial charge on any atom is 0.261 e. The first-order valence-corrected chi connectivity index (χ1v) is 15.5. The Morgan fingerprint density at radius 1 is 0.784 bits per heavy atom. The normalized spacial score (nSPS) is 12.9. The van der Waals surface area contributed by atoms with Gasteiger partial charge in [-0.15, -0.1) is 35.9 Å². The van der Waals surface area contributed by atoms with Gasteiger partial charge in [0.05, 0.1) is 30.4 Å². The quantitative estimate of drug-likeness (QED) is 0.0954. The molecule has 7 heteroatoms. The van der Waals surface area contributed by atoms with Crippen LogP contribution in [0.4, 0.5) is 5.69 Å². The Bertz CT molecular complexity index is 1240. The summed E-state index contributed by atoms with van der Waals surface area (Å²) in [6.07, 6.45) is 6.43. The van der Waals surface area contributed by atoms with E-state index in [-0.39, 0.29) is 20.4 Å². The molecule has 0 aromatic heterocycles. The molecule has 4 aromatic rings. The fraction of sp³-hybridized carbons (Fsp3) is 0.200. The van der Waals surface area contributed by atoms with E-state index in [0.29, 0.717) is 6.26 Å². The van der Waals surface area contributed by atoms with Gasteiger partial charge in [-0.1, -0.05) is 60.2 Å². The molecule has 1 fully saturated rings. The van der Waals surface area contributed by atoms with Gasteiger partial charge in [0, 0.05) is 20.4 Å². The molecule has 0 amide bonds. The third-order valence-electron chi connectivity index (χ3n) is 5.89. The van der Waals surface area contributed by atoms with Gasteiger partial charge in [-0.05, 0) is 61.7 Å². The van der Waals surface area contributed by atoms with Gasteiger partial charge >= 0.3 is 0 Å². The van der Waals surface area contributed by atoms with Gasteiger partial charge in [0.2, 0.25) is 0 Å². The summed E-state index contributed by atoms with van der Waals surface area (Å²) in [4.78, 5) is 0. The van der Waals surface area contributed by atoms with Gasteiger partial charge in [0.25, 0.3) is 10.1 Å². The molecule has 1 aliphatic carbocycles. The Labute approximate surface area is 236 Å². The van der Waals surface area contributed by atoms with Gasteiger partial charge in [0.15, 0.2) is 0 Å². The summed E-state index contributed by atoms with van der Waals surface area (Å²) in [5.74, 6) is 0. The van der Waals surface area contributed by atoms with Crippen LogP contribution in [0.2, 0.25) is 0 Å². The van der Waals surface area contributed by atoms with Crippen molar-refractivity contribution in [1.82, 2.24) is 0 Å². The van der Waals surface area contributed by atoms with Gasteiger partial charge in [-0.25, -0.2) is 0 Å². The minimum Gasteiger partial charge on any atom is -0.406 e. The Morgan fingerprint density at radius 2 is 1.24 bits per heavy atom. The van der Waals surface area contributed by atoms with E-state index < -0.39 is 18.0 Å². The Balaban J connectivity index is 0.000000223. The van der Waals surface area contributed by atoms with E-state index in [2.05, 4.69) is 66.7 Å². The fourth-order valence-electron chi connectivity index (χ4n) is 4.39. The van der Waals surface area contributed by atoms with Crippen LogP contribution in [0.5, 0.6) is 0 Å². The Hall–Kier alpha value is -2.32. The van der Waals surface area contributed by atoms with Crippen LogP contribution in [0.25, 0.3) is 11.1 Å². The van der Waals surface area contributed by atoms with Crippen LogP contribution in [0.1, 0.15) is 25.7 Å². The minimum absolute atomic E-state index is 0. The first-order valence-electron chi connectivity index (χ1n) is 12.0. The second-order valence-electron chi connectivity index (χ2n) is 8.72. The molecule has 0 saturated heterocycles. The zero-order chi connectivity index (χ0) is 25.8. The summed E-state index contributed by atoms with van der Waals surface area (Å²) in [5, 5.41) is 3.17. The van der Waals surface area contributed by atoms with E-state index >= 15 is 0 Å². The van der Waals surface area contributed by atoms with Crippen molar-refractivity contribution < 1.29 is 33.4 Å². The van der Waals surface area contributed by atoms with Gasteiger partial charge in [-0.2, -0.15) is 8.42 Å². The van der Waals surface area contributed by atoms with Gasteiger partial charge in [-0.3, -0.25) is 4.55 Å². The number of hydrogen-bond acceptors (Lipinski definition) is 3. The number of rotatable bonds is 4. The summed E-state index contributed by atoms with van der Waals surface area (Å²) in [7, 11) is -4.24. The monoisotopic (exact) mass is 625 g/mol. The van der Waals surface area contributed by atoms with Crippen molar-refractivity contribution in [3.63, 3.8) is 0 Å². The standard InChI is InChI=1S/C17H19P.C12H10N.CH4O3S.Pd/c1-3-9-15(10-4-1)18(17-13-7-8-14-17)16-11-5-2-6-12-16;13-12-9-5-4-8-11(12)10-6-2-1-3-7-10;1-5(2,3)4;/h1-6,9-12,17H,7-8,13-14H2;1-6,8-9H,13H2;1H3,(H,2,3,4);/q;-1;;/p+1. The Morgan fingerprint density at radius 3 is 1.70 bits per heavy atom. The molecule has 0 aliphatic heterocycles. The molecule has 0 atom stereocenters. The van der Waals surface area contributed by atoms with Crippen molar-refractivity contribution in [3.05, 3.63) is 115 Å². The second-order valence-corrected chi connectivity index (χ2v) is 13.0. The van der Waals surface area contributed by atoms with E-state index in [1.54, 1.807) is 10.6 Å². The molecule has 37 heavy (non-hydrogen) atoms. The summed E-state index contributed by atoms with van der Waals surface area (Å²) >= 11 is 0. The van der Waals surface area contributed by atoms with E-state index in [0.717, 1.165) is 22.5 Å². The second kappa shape index (κ2) is 15.8. The average Bonchev–Trinajstić information content (AvgIpc) is 3.40. The SMILES string of the molecule is CS(=O)(=O)O.Nc1ccccc1-c1[c-]cccc1.[Pd].c1ccc([PH+](c2ccccc2)C2CCCC2)cc1. The molecule has 5 rings (SSSR count). The predicted molar refractivity (Wildman–Crippen MR) is 155 cm³/mol. The number of anilines is 1. The molecule has 0 unspecified atom stereocenters. The molecule has 0 heterocycles. The largest absolute Gasteiger partial charge is 0.406 e. The van der Waals surface area contributed by atoms with Crippen LogP contribution >= 0.6 is 7.92 Å². The van der Waals surface area contributed by atoms with Crippen LogP contribution in [-0.4, -0.2) is 24.9 Å². The first-order chi connectivity index (χ1) is 17.3. The third kappa shape index (κ3) is 10.9. The smallest absolute Gasteiger partial charge is 0.261 e. The number of nitrogen functional groups attached to an aromatic ring is 1. The van der Waals surface area contributed by atoms with Crippen molar-refractivity contribution in [1.29, 1.82) is 0 Å². The number of benzene rings is 4. The van der Waals surface area contributed by atoms with Gasteiger partial charge < -0.3 is 5.73 Å². The number of para-hydroxylation sites is 1. The van der Waals surface area contributed by atoms with Crippen molar-refractivity contribution >= 4 is 34.3 Å². The molecule has 198 valence electrons. The summed E-state index contributed by atoms with van der Waals surface area (Å²) in [6.45, 7) is 0. The van der Waals surface area contributed by atoms with Crippen LogP contribution in [0.15, 0.2) is 109 Å². The fourth-order valence-corrected chi connectivity index (χ4v) is 7.76. The molecule has 0 bridgehead atoms. The van der Waals surface area contributed by atoms with Crippen molar-refractivity contribution in [2.24, 2.45) is 0 Å². The minimum atomic E-state index is -3.67. The predicted octanol–water partition coefficient (Wildman–Crippen LogP) is 6.03. The van der Waals surface area contributed by atoms with E-state index in [1.807, 2.05) is 48.5 Å². The van der Waals surface area contributed by atoms with Crippen molar-refractivity contribution in [3.8, 4) is 11.1 Å². The number of hydrogen-bond donors (Lipinski definition) is 2. The molecule has 0 radical (unpaired) electrons. The van der Waals surface area contributed by atoms with E-state index in [9.17, 15) is 8.42 Å². The van der Waals surface area contributed by atoms with E-state index in [1.165, 1.54) is 25.7 Å². The van der Waals surface area contributed by atoms with Crippen molar-refractivity contribution in [2.45, 2.75) is 31.3 Å². The summed E-state index contributed by atoms with van der Waals surface area (Å²) in [6, 6.07) is 41.1. The molecule has 3 N–H and O–H groups in total.